The van der Waals surface area contributed by atoms with Crippen LogP contribution in [0, 0.1) is 0 Å². The maximum absolute atomic E-state index is 12.9. The number of hydrogen-bond acceptors (Lipinski definition) is 4. The number of sulfonamides is 1. The van der Waals surface area contributed by atoms with Gasteiger partial charge in [-0.15, -0.1) is 11.8 Å². The third-order valence-corrected chi connectivity index (χ3v) is 6.84. The smallest absolute Gasteiger partial charge is 0.264 e. The number of nitrogens with zero attached hydrogens (tertiary/aromatic N) is 2. The molecule has 128 valence electrons. The Kier molecular flexibility index (Phi) is 4.58. The summed E-state index contributed by atoms with van der Waals surface area (Å²) >= 11 is 1.42. The van der Waals surface area contributed by atoms with E-state index in [1.807, 2.05) is 0 Å². The van der Waals surface area contributed by atoms with Crippen molar-refractivity contribution in [2.45, 2.75) is 16.4 Å². The topological polar surface area (TPSA) is 50.3 Å². The van der Waals surface area contributed by atoms with Gasteiger partial charge in [0.1, 0.15) is 0 Å². The molecule has 2 aromatic rings. The summed E-state index contributed by atoms with van der Waals surface area (Å²) in [6.07, 6.45) is -1.44. The first kappa shape index (κ1) is 17.2. The van der Waals surface area contributed by atoms with Gasteiger partial charge in [-0.25, -0.2) is 8.42 Å². The molecule has 3 rings (SSSR count). The fraction of sp³-hybridized carbons (Fsp3) is 0.267. The lowest BCUT2D eigenvalue weighted by Crippen LogP contribution is -2.30. The third kappa shape index (κ3) is 3.28. The second-order valence-corrected chi connectivity index (χ2v) is 8.23. The van der Waals surface area contributed by atoms with Crippen LogP contribution in [0.3, 0.4) is 0 Å². The summed E-state index contributed by atoms with van der Waals surface area (Å²) in [4.78, 5) is 3.63. The van der Waals surface area contributed by atoms with Crippen molar-refractivity contribution < 1.29 is 21.6 Å². The quantitative estimate of drug-likeness (QED) is 0.825. The predicted octanol–water partition coefficient (Wildman–Crippen LogP) is 3.54. The molecule has 24 heavy (non-hydrogen) atoms. The Balaban J connectivity index is 1.98. The average Bonchev–Trinajstić information content (AvgIpc) is 3.05. The Morgan fingerprint density at radius 2 is 2.00 bits per heavy atom. The number of halogens is 3. The minimum Gasteiger partial charge on any atom is -0.264 e. The van der Waals surface area contributed by atoms with Gasteiger partial charge in [0.2, 0.25) is 10.0 Å². The molecule has 1 unspecified atom stereocenters. The molecule has 0 amide bonds. The van der Waals surface area contributed by atoms with Gasteiger partial charge in [-0.1, -0.05) is 12.1 Å². The molecule has 0 bridgehead atoms. The van der Waals surface area contributed by atoms with Crippen LogP contribution >= 0.6 is 11.8 Å². The SMILES string of the molecule is O=S(=O)(c1cccc(C(F)(F)F)c1)N1CCSC1c1cccnc1. The van der Waals surface area contributed by atoms with Crippen molar-refractivity contribution in [3.8, 4) is 0 Å². The molecule has 2 heterocycles. The van der Waals surface area contributed by atoms with Gasteiger partial charge in [-0.3, -0.25) is 4.98 Å². The first-order valence-electron chi connectivity index (χ1n) is 7.01. The molecule has 0 spiro atoms. The molecule has 1 atom stereocenters. The van der Waals surface area contributed by atoms with E-state index in [0.717, 1.165) is 12.1 Å². The van der Waals surface area contributed by atoms with E-state index in [2.05, 4.69) is 4.98 Å². The van der Waals surface area contributed by atoms with Crippen LogP contribution < -0.4 is 0 Å². The largest absolute Gasteiger partial charge is 0.416 e. The molecule has 0 N–H and O–H groups in total. The minimum absolute atomic E-state index is 0.239. The highest BCUT2D eigenvalue weighted by Crippen LogP contribution is 2.41. The van der Waals surface area contributed by atoms with Crippen molar-refractivity contribution in [2.75, 3.05) is 12.3 Å². The number of hydrogen-bond donors (Lipinski definition) is 0. The minimum atomic E-state index is -4.59. The van der Waals surface area contributed by atoms with Crippen molar-refractivity contribution in [3.63, 3.8) is 0 Å². The molecule has 1 fully saturated rings. The highest BCUT2D eigenvalue weighted by Gasteiger charge is 2.38. The summed E-state index contributed by atoms with van der Waals surface area (Å²) in [6.45, 7) is 0.239. The van der Waals surface area contributed by atoms with E-state index in [-0.39, 0.29) is 11.4 Å². The summed E-state index contributed by atoms with van der Waals surface area (Å²) in [5.74, 6) is 0.567. The molecule has 1 aliphatic rings. The Bertz CT molecular complexity index is 826. The first-order chi connectivity index (χ1) is 11.3. The van der Waals surface area contributed by atoms with E-state index in [4.69, 9.17) is 0 Å². The van der Waals surface area contributed by atoms with Gasteiger partial charge >= 0.3 is 6.18 Å². The number of pyridine rings is 1. The zero-order valence-electron chi connectivity index (χ0n) is 12.3. The number of thioether (sulfide) groups is 1. The van der Waals surface area contributed by atoms with Crippen LogP contribution in [0.1, 0.15) is 16.5 Å². The van der Waals surface area contributed by atoms with Crippen molar-refractivity contribution in [2.24, 2.45) is 0 Å². The summed E-state index contributed by atoms with van der Waals surface area (Å²) in [5.41, 5.74) is -0.274. The molecule has 1 aromatic heterocycles. The summed E-state index contributed by atoms with van der Waals surface area (Å²) in [6, 6.07) is 7.29. The van der Waals surface area contributed by atoms with Gasteiger partial charge in [0, 0.05) is 24.7 Å². The lowest BCUT2D eigenvalue weighted by atomic mass is 10.2. The predicted molar refractivity (Wildman–Crippen MR) is 84.8 cm³/mol. The van der Waals surface area contributed by atoms with E-state index in [9.17, 15) is 21.6 Å². The van der Waals surface area contributed by atoms with Gasteiger partial charge in [0.15, 0.2) is 0 Å². The van der Waals surface area contributed by atoms with Crippen molar-refractivity contribution in [1.29, 1.82) is 0 Å². The maximum Gasteiger partial charge on any atom is 0.416 e. The van der Waals surface area contributed by atoms with Crippen LogP contribution in [-0.2, 0) is 16.2 Å². The maximum atomic E-state index is 12.9. The number of benzene rings is 1. The first-order valence-corrected chi connectivity index (χ1v) is 9.50. The monoisotopic (exact) mass is 374 g/mol. The summed E-state index contributed by atoms with van der Waals surface area (Å²) in [5, 5.41) is -0.488. The zero-order chi connectivity index (χ0) is 17.4. The Labute approximate surface area is 141 Å². The summed E-state index contributed by atoms with van der Waals surface area (Å²) in [7, 11) is -4.03. The molecule has 9 heteroatoms. The van der Waals surface area contributed by atoms with E-state index < -0.39 is 27.1 Å². The van der Waals surface area contributed by atoms with Gasteiger partial charge in [0.25, 0.3) is 0 Å². The second-order valence-electron chi connectivity index (χ2n) is 5.15. The van der Waals surface area contributed by atoms with E-state index >= 15 is 0 Å². The molecular weight excluding hydrogens is 361 g/mol. The highest BCUT2D eigenvalue weighted by molar-refractivity contribution is 8.01. The fourth-order valence-corrected chi connectivity index (χ4v) is 5.72. The Hall–Kier alpha value is -1.58. The molecule has 1 aliphatic heterocycles. The van der Waals surface area contributed by atoms with Gasteiger partial charge < -0.3 is 0 Å². The average molecular weight is 374 g/mol. The van der Waals surface area contributed by atoms with E-state index in [1.54, 1.807) is 24.5 Å². The Morgan fingerprint density at radius 3 is 2.67 bits per heavy atom. The molecule has 1 saturated heterocycles. The van der Waals surface area contributed by atoms with Crippen LogP contribution in [0.25, 0.3) is 0 Å². The van der Waals surface area contributed by atoms with Gasteiger partial charge in [-0.05, 0) is 29.8 Å². The van der Waals surface area contributed by atoms with Gasteiger partial charge in [0.05, 0.1) is 15.8 Å². The van der Waals surface area contributed by atoms with Crippen LogP contribution in [0.5, 0.6) is 0 Å². The van der Waals surface area contributed by atoms with Crippen molar-refractivity contribution in [1.82, 2.24) is 9.29 Å². The molecule has 0 aliphatic carbocycles. The van der Waals surface area contributed by atoms with Crippen LogP contribution in [0.4, 0.5) is 13.2 Å². The fourth-order valence-electron chi connectivity index (χ4n) is 2.45. The molecule has 1 aromatic carbocycles. The van der Waals surface area contributed by atoms with Crippen LogP contribution in [0.15, 0.2) is 53.7 Å². The number of aromatic nitrogens is 1. The van der Waals surface area contributed by atoms with Crippen molar-refractivity contribution >= 4 is 21.8 Å². The molecule has 0 saturated carbocycles. The Morgan fingerprint density at radius 1 is 1.21 bits per heavy atom. The van der Waals surface area contributed by atoms with E-state index in [1.165, 1.54) is 22.1 Å². The molecular formula is C15H13F3N2O2S2. The highest BCUT2D eigenvalue weighted by atomic mass is 32.2. The zero-order valence-corrected chi connectivity index (χ0v) is 13.9. The van der Waals surface area contributed by atoms with E-state index in [0.29, 0.717) is 17.4 Å². The third-order valence-electron chi connectivity index (χ3n) is 3.59. The van der Waals surface area contributed by atoms with Crippen molar-refractivity contribution in [3.05, 3.63) is 59.9 Å². The lowest BCUT2D eigenvalue weighted by molar-refractivity contribution is -0.137. The molecule has 0 radical (unpaired) electrons. The number of rotatable bonds is 3. The second kappa shape index (κ2) is 6.38. The number of alkyl halides is 3. The normalized spacial score (nSPS) is 19.5. The standard InChI is InChI=1S/C15H13F3N2O2S2/c16-15(17,18)12-4-1-5-13(9-12)24(21,22)20-7-8-23-14(20)11-3-2-6-19-10-11/h1-6,9-10,14H,7-8H2. The summed E-state index contributed by atoms with van der Waals surface area (Å²) < 4.78 is 65.4. The van der Waals surface area contributed by atoms with Crippen LogP contribution in [0.2, 0.25) is 0 Å². The van der Waals surface area contributed by atoms with Gasteiger partial charge in [-0.2, -0.15) is 17.5 Å². The molecule has 4 nitrogen and oxygen atoms in total. The lowest BCUT2D eigenvalue weighted by Gasteiger charge is -2.23. The van der Waals surface area contributed by atoms with Crippen LogP contribution in [-0.4, -0.2) is 30.0 Å².